The Morgan fingerprint density at radius 3 is 2.48 bits per heavy atom. The minimum absolute atomic E-state index is 0.158. The Balaban J connectivity index is 1.59. The molecule has 0 fully saturated rings. The van der Waals surface area contributed by atoms with Crippen molar-refractivity contribution >= 4 is 39.9 Å². The van der Waals surface area contributed by atoms with Gasteiger partial charge in [0.1, 0.15) is 16.7 Å². The molecule has 0 aliphatic rings. The smallest absolute Gasteiger partial charge is 0.317 e. The average Bonchev–Trinajstić information content (AvgIpc) is 3.11. The normalized spacial score (nSPS) is 11.7. The molecule has 0 aliphatic carbocycles. The van der Waals surface area contributed by atoms with E-state index in [9.17, 15) is 4.79 Å². The fourth-order valence-electron chi connectivity index (χ4n) is 2.13. The fraction of sp³-hybridized carbons (Fsp3) is 0.167. The lowest BCUT2D eigenvalue weighted by molar-refractivity contribution is -0.136. The van der Waals surface area contributed by atoms with Gasteiger partial charge in [-0.1, -0.05) is 41.3 Å². The maximum absolute atomic E-state index is 11.2. The first-order valence-electron chi connectivity index (χ1n) is 8.08. The molecular formula is C18H17N3O4S2. The summed E-state index contributed by atoms with van der Waals surface area (Å²) in [7, 11) is 0. The van der Waals surface area contributed by atoms with Crippen LogP contribution in [0, 0.1) is 0 Å². The Labute approximate surface area is 164 Å². The Morgan fingerprint density at radius 1 is 1.11 bits per heavy atom. The molecule has 3 aromatic rings. The second-order valence-electron chi connectivity index (χ2n) is 5.39. The van der Waals surface area contributed by atoms with Gasteiger partial charge in [0.2, 0.25) is 5.13 Å². The van der Waals surface area contributed by atoms with E-state index in [1.165, 1.54) is 11.3 Å². The zero-order valence-electron chi connectivity index (χ0n) is 14.1. The number of aromatic nitrogens is 2. The van der Waals surface area contributed by atoms with Gasteiger partial charge in [-0.05, 0) is 42.8 Å². The summed E-state index contributed by atoms with van der Waals surface area (Å²) in [5, 5.41) is 29.0. The monoisotopic (exact) mass is 403 g/mol. The Bertz CT molecular complexity index is 872. The average molecular weight is 403 g/mol. The predicted octanol–water partition coefficient (Wildman–Crippen LogP) is 4.00. The fourth-order valence-corrected chi connectivity index (χ4v) is 4.06. The molecule has 0 bridgehead atoms. The lowest BCUT2D eigenvalue weighted by atomic mass is 10.3. The summed E-state index contributed by atoms with van der Waals surface area (Å²) in [6, 6.07) is 16.9. The number of aliphatic hydroxyl groups excluding tert-OH is 1. The third-order valence-corrected chi connectivity index (χ3v) is 5.58. The number of nitrogens with one attached hydrogen (secondary N) is 1. The number of rotatable bonds is 9. The summed E-state index contributed by atoms with van der Waals surface area (Å²) in [5.74, 6) is 0.501. The maximum Gasteiger partial charge on any atom is 0.317 e. The van der Waals surface area contributed by atoms with Gasteiger partial charge in [-0.2, -0.15) is 0 Å². The van der Waals surface area contributed by atoms with Crippen LogP contribution in [0.5, 0.6) is 11.5 Å². The summed E-state index contributed by atoms with van der Waals surface area (Å²) in [6.07, 6.45) is 0.158. The van der Waals surface area contributed by atoms with Gasteiger partial charge < -0.3 is 20.3 Å². The maximum atomic E-state index is 11.2. The molecule has 3 rings (SSSR count). The van der Waals surface area contributed by atoms with Gasteiger partial charge in [-0.3, -0.25) is 4.79 Å². The number of carboxylic acid groups (broad SMARTS) is 1. The minimum atomic E-state index is -0.979. The number of benzene rings is 2. The summed E-state index contributed by atoms with van der Waals surface area (Å²) in [6.45, 7) is -0.189. The van der Waals surface area contributed by atoms with E-state index in [0.29, 0.717) is 15.2 Å². The van der Waals surface area contributed by atoms with E-state index >= 15 is 0 Å². The Kier molecular flexibility index (Phi) is 6.64. The number of carboxylic acids is 1. The molecule has 1 atom stereocenters. The molecule has 1 heterocycles. The molecule has 2 aromatic carbocycles. The van der Waals surface area contributed by atoms with Crippen molar-refractivity contribution < 1.29 is 19.7 Å². The quantitative estimate of drug-likeness (QED) is 0.461. The summed E-state index contributed by atoms with van der Waals surface area (Å²) in [5.41, 5.74) is 0.813. The molecule has 0 radical (unpaired) electrons. The number of nitrogens with zero attached hydrogens (tertiary/aromatic N) is 2. The third-order valence-electron chi connectivity index (χ3n) is 3.40. The summed E-state index contributed by atoms with van der Waals surface area (Å²) in [4.78, 5) is 11.2. The van der Waals surface area contributed by atoms with Gasteiger partial charge in [-0.15, -0.1) is 10.2 Å². The molecule has 0 unspecified atom stereocenters. The zero-order valence-corrected chi connectivity index (χ0v) is 15.7. The molecule has 140 valence electrons. The zero-order chi connectivity index (χ0) is 19.1. The number of aliphatic hydroxyl groups is 1. The molecule has 1 aromatic heterocycles. The van der Waals surface area contributed by atoms with Crippen LogP contribution in [0.1, 0.15) is 6.42 Å². The first kappa shape index (κ1) is 19.2. The van der Waals surface area contributed by atoms with Crippen LogP contribution in [0.25, 0.3) is 0 Å². The van der Waals surface area contributed by atoms with E-state index in [4.69, 9.17) is 14.9 Å². The van der Waals surface area contributed by atoms with Crippen LogP contribution in [0.15, 0.2) is 58.9 Å². The largest absolute Gasteiger partial charge is 0.480 e. The molecule has 0 aliphatic heterocycles. The number of aliphatic carboxylic acids is 1. The Morgan fingerprint density at radius 2 is 1.81 bits per heavy atom. The molecule has 0 spiro atoms. The molecule has 0 amide bonds. The van der Waals surface area contributed by atoms with Crippen molar-refractivity contribution in [2.45, 2.75) is 16.0 Å². The summed E-state index contributed by atoms with van der Waals surface area (Å²) < 4.78 is 6.27. The predicted molar refractivity (Wildman–Crippen MR) is 105 cm³/mol. The molecule has 7 nitrogen and oxygen atoms in total. The number of hydrogen-bond donors (Lipinski definition) is 3. The van der Waals surface area contributed by atoms with Crippen molar-refractivity contribution in [2.75, 3.05) is 11.9 Å². The van der Waals surface area contributed by atoms with Crippen molar-refractivity contribution in [3.05, 3.63) is 54.6 Å². The van der Waals surface area contributed by atoms with E-state index in [0.717, 1.165) is 23.2 Å². The van der Waals surface area contributed by atoms with Crippen LogP contribution < -0.4 is 10.1 Å². The Hall–Kier alpha value is -2.62. The molecular weight excluding hydrogens is 386 g/mol. The van der Waals surface area contributed by atoms with Crippen molar-refractivity contribution in [1.29, 1.82) is 0 Å². The molecule has 27 heavy (non-hydrogen) atoms. The molecule has 0 saturated heterocycles. The number of anilines is 2. The lowest BCUT2D eigenvalue weighted by Crippen LogP contribution is -2.17. The van der Waals surface area contributed by atoms with Crippen LogP contribution in [0.2, 0.25) is 0 Å². The van der Waals surface area contributed by atoms with Crippen molar-refractivity contribution in [1.82, 2.24) is 10.2 Å². The van der Waals surface area contributed by atoms with Crippen molar-refractivity contribution in [3.8, 4) is 11.5 Å². The highest BCUT2D eigenvalue weighted by atomic mass is 32.2. The SMILES string of the molecule is O=C(O)[C@@H](CCO)Sc1nnc(Nc2ccc(Oc3ccccc3)cc2)s1. The van der Waals surface area contributed by atoms with Gasteiger partial charge in [-0.25, -0.2) is 0 Å². The van der Waals surface area contributed by atoms with Gasteiger partial charge in [0, 0.05) is 12.3 Å². The number of ether oxygens (including phenoxy) is 1. The first-order valence-corrected chi connectivity index (χ1v) is 9.77. The number of hydrogen-bond acceptors (Lipinski definition) is 8. The van der Waals surface area contributed by atoms with E-state index in [1.807, 2.05) is 54.6 Å². The van der Waals surface area contributed by atoms with Gasteiger partial charge >= 0.3 is 5.97 Å². The second kappa shape index (κ2) is 9.36. The minimum Gasteiger partial charge on any atom is -0.480 e. The standard InChI is InChI=1S/C18H17N3O4S2/c22-11-10-15(16(23)24)26-18-21-20-17(27-18)19-12-6-8-14(9-7-12)25-13-4-2-1-3-5-13/h1-9,15,22H,10-11H2,(H,19,20)(H,23,24)/t15-/m1/s1. The van der Waals surface area contributed by atoms with Crippen LogP contribution in [-0.2, 0) is 4.79 Å². The number of carbonyl (C=O) groups is 1. The van der Waals surface area contributed by atoms with E-state index in [-0.39, 0.29) is 13.0 Å². The van der Waals surface area contributed by atoms with Crippen LogP contribution in [-0.4, -0.2) is 38.2 Å². The van der Waals surface area contributed by atoms with E-state index < -0.39 is 11.2 Å². The highest BCUT2D eigenvalue weighted by molar-refractivity contribution is 8.02. The summed E-state index contributed by atoms with van der Waals surface area (Å²) >= 11 is 2.34. The van der Waals surface area contributed by atoms with Crippen molar-refractivity contribution in [3.63, 3.8) is 0 Å². The lowest BCUT2D eigenvalue weighted by Gasteiger charge is -2.07. The van der Waals surface area contributed by atoms with Crippen LogP contribution in [0.4, 0.5) is 10.8 Å². The highest BCUT2D eigenvalue weighted by Crippen LogP contribution is 2.32. The number of para-hydroxylation sites is 1. The van der Waals surface area contributed by atoms with Crippen molar-refractivity contribution in [2.24, 2.45) is 0 Å². The first-order chi connectivity index (χ1) is 13.1. The van der Waals surface area contributed by atoms with Crippen LogP contribution >= 0.6 is 23.1 Å². The molecule has 3 N–H and O–H groups in total. The topological polar surface area (TPSA) is 105 Å². The third kappa shape index (κ3) is 5.68. The molecule has 9 heteroatoms. The number of thioether (sulfide) groups is 1. The van der Waals surface area contributed by atoms with Gasteiger partial charge in [0.15, 0.2) is 4.34 Å². The van der Waals surface area contributed by atoms with Crippen LogP contribution in [0.3, 0.4) is 0 Å². The van der Waals surface area contributed by atoms with E-state index in [2.05, 4.69) is 15.5 Å². The van der Waals surface area contributed by atoms with E-state index in [1.54, 1.807) is 0 Å². The van der Waals surface area contributed by atoms with Gasteiger partial charge in [0.05, 0.1) is 0 Å². The second-order valence-corrected chi connectivity index (χ2v) is 7.82. The highest BCUT2D eigenvalue weighted by Gasteiger charge is 2.20. The van der Waals surface area contributed by atoms with Gasteiger partial charge in [0.25, 0.3) is 0 Å². The molecule has 0 saturated carbocycles.